The summed E-state index contributed by atoms with van der Waals surface area (Å²) in [6, 6.07) is 25.3. The average molecular weight is 425 g/mol. The SMILES string of the molecule is CC(C)C(Oc1ccccc1C#N)C(=O)Nc1cccc(OCc2cccc(C#N)c2)c1. The Morgan fingerprint density at radius 1 is 0.969 bits per heavy atom. The van der Waals surface area contributed by atoms with Crippen LogP contribution in [0.15, 0.2) is 72.8 Å². The molecule has 1 amide bonds. The smallest absolute Gasteiger partial charge is 0.265 e. The van der Waals surface area contributed by atoms with Gasteiger partial charge in [-0.3, -0.25) is 4.79 Å². The van der Waals surface area contributed by atoms with Crippen LogP contribution in [0.3, 0.4) is 0 Å². The second kappa shape index (κ2) is 10.7. The monoisotopic (exact) mass is 425 g/mol. The number of benzene rings is 3. The lowest BCUT2D eigenvalue weighted by Crippen LogP contribution is -2.37. The van der Waals surface area contributed by atoms with Crippen LogP contribution >= 0.6 is 0 Å². The number of hydrogen-bond acceptors (Lipinski definition) is 5. The molecule has 3 aromatic rings. The fraction of sp³-hybridized carbons (Fsp3) is 0.192. The molecule has 0 aromatic heterocycles. The first-order valence-electron chi connectivity index (χ1n) is 10.2. The number of nitrogens with zero attached hydrogens (tertiary/aromatic N) is 2. The zero-order valence-corrected chi connectivity index (χ0v) is 17.9. The van der Waals surface area contributed by atoms with Crippen molar-refractivity contribution in [3.05, 3.63) is 89.5 Å². The maximum atomic E-state index is 12.9. The van der Waals surface area contributed by atoms with Crippen LogP contribution in [0.2, 0.25) is 0 Å². The van der Waals surface area contributed by atoms with E-state index in [2.05, 4.69) is 17.5 Å². The molecule has 0 bridgehead atoms. The number of anilines is 1. The highest BCUT2D eigenvalue weighted by molar-refractivity contribution is 5.94. The van der Waals surface area contributed by atoms with E-state index in [-0.39, 0.29) is 11.8 Å². The van der Waals surface area contributed by atoms with Gasteiger partial charge in [-0.25, -0.2) is 0 Å². The highest BCUT2D eigenvalue weighted by Crippen LogP contribution is 2.23. The Morgan fingerprint density at radius 2 is 1.75 bits per heavy atom. The molecule has 0 aliphatic rings. The topological polar surface area (TPSA) is 95.1 Å². The lowest BCUT2D eigenvalue weighted by molar-refractivity contribution is -0.124. The molecule has 1 unspecified atom stereocenters. The fourth-order valence-electron chi connectivity index (χ4n) is 3.07. The van der Waals surface area contributed by atoms with Gasteiger partial charge in [-0.2, -0.15) is 10.5 Å². The lowest BCUT2D eigenvalue weighted by atomic mass is 10.1. The van der Waals surface area contributed by atoms with Crippen LogP contribution in [-0.2, 0) is 11.4 Å². The first-order valence-corrected chi connectivity index (χ1v) is 10.2. The van der Waals surface area contributed by atoms with Crippen LogP contribution in [-0.4, -0.2) is 12.0 Å². The van der Waals surface area contributed by atoms with Crippen molar-refractivity contribution in [1.29, 1.82) is 10.5 Å². The van der Waals surface area contributed by atoms with E-state index in [0.29, 0.717) is 34.9 Å². The van der Waals surface area contributed by atoms with Gasteiger partial charge in [0.1, 0.15) is 24.2 Å². The number of hydrogen-bond donors (Lipinski definition) is 1. The predicted molar refractivity (Wildman–Crippen MR) is 121 cm³/mol. The Balaban J connectivity index is 1.68. The summed E-state index contributed by atoms with van der Waals surface area (Å²) >= 11 is 0. The van der Waals surface area contributed by atoms with Crippen molar-refractivity contribution in [2.24, 2.45) is 5.92 Å². The van der Waals surface area contributed by atoms with Crippen LogP contribution in [0.25, 0.3) is 0 Å². The molecule has 1 N–H and O–H groups in total. The van der Waals surface area contributed by atoms with Gasteiger partial charge in [0.25, 0.3) is 5.91 Å². The van der Waals surface area contributed by atoms with Gasteiger partial charge in [-0.05, 0) is 47.9 Å². The number of nitrogens with one attached hydrogen (secondary N) is 1. The molecule has 6 nitrogen and oxygen atoms in total. The van der Waals surface area contributed by atoms with E-state index in [0.717, 1.165) is 5.56 Å². The van der Waals surface area contributed by atoms with Crippen LogP contribution < -0.4 is 14.8 Å². The van der Waals surface area contributed by atoms with E-state index in [4.69, 9.17) is 14.7 Å². The number of ether oxygens (including phenoxy) is 2. The highest BCUT2D eigenvalue weighted by atomic mass is 16.5. The Labute approximate surface area is 187 Å². The van der Waals surface area contributed by atoms with E-state index < -0.39 is 6.10 Å². The van der Waals surface area contributed by atoms with Crippen molar-refractivity contribution in [2.75, 3.05) is 5.32 Å². The largest absolute Gasteiger partial charge is 0.489 e. The molecule has 0 spiro atoms. The van der Waals surface area contributed by atoms with Gasteiger partial charge in [-0.15, -0.1) is 0 Å². The molecule has 0 heterocycles. The summed E-state index contributed by atoms with van der Waals surface area (Å²) in [5.74, 6) is 0.530. The van der Waals surface area contributed by atoms with Crippen molar-refractivity contribution in [1.82, 2.24) is 0 Å². The first-order chi connectivity index (χ1) is 15.5. The van der Waals surface area contributed by atoms with E-state index in [1.807, 2.05) is 26.0 Å². The van der Waals surface area contributed by atoms with E-state index in [9.17, 15) is 10.1 Å². The van der Waals surface area contributed by atoms with E-state index in [1.54, 1.807) is 60.7 Å². The summed E-state index contributed by atoms with van der Waals surface area (Å²) < 4.78 is 11.7. The van der Waals surface area contributed by atoms with E-state index >= 15 is 0 Å². The second-order valence-corrected chi connectivity index (χ2v) is 7.51. The molecule has 32 heavy (non-hydrogen) atoms. The molecule has 0 radical (unpaired) electrons. The summed E-state index contributed by atoms with van der Waals surface area (Å²) in [6.45, 7) is 4.07. The third kappa shape index (κ3) is 5.87. The minimum Gasteiger partial charge on any atom is -0.489 e. The number of amides is 1. The first kappa shape index (κ1) is 22.4. The number of carbonyl (C=O) groups excluding carboxylic acids is 1. The van der Waals surface area contributed by atoms with Crippen LogP contribution in [0, 0.1) is 28.6 Å². The maximum Gasteiger partial charge on any atom is 0.265 e. The zero-order chi connectivity index (χ0) is 22.9. The van der Waals surface area contributed by atoms with Gasteiger partial charge in [0, 0.05) is 11.8 Å². The summed E-state index contributed by atoms with van der Waals surface area (Å²) in [5.41, 5.74) is 2.40. The Bertz CT molecular complexity index is 1180. The number of para-hydroxylation sites is 1. The third-order valence-electron chi connectivity index (χ3n) is 4.69. The zero-order valence-electron chi connectivity index (χ0n) is 17.9. The van der Waals surface area contributed by atoms with Crippen molar-refractivity contribution >= 4 is 11.6 Å². The molecule has 0 saturated carbocycles. The van der Waals surface area contributed by atoms with Gasteiger partial charge in [0.2, 0.25) is 0 Å². The van der Waals surface area contributed by atoms with Crippen molar-refractivity contribution < 1.29 is 14.3 Å². The van der Waals surface area contributed by atoms with Gasteiger partial charge >= 0.3 is 0 Å². The quantitative estimate of drug-likeness (QED) is 0.545. The Morgan fingerprint density at radius 3 is 2.50 bits per heavy atom. The van der Waals surface area contributed by atoms with Crippen molar-refractivity contribution in [2.45, 2.75) is 26.6 Å². The molecule has 160 valence electrons. The molecule has 3 aromatic carbocycles. The van der Waals surface area contributed by atoms with Crippen molar-refractivity contribution in [3.8, 4) is 23.6 Å². The normalized spacial score (nSPS) is 11.2. The van der Waals surface area contributed by atoms with Crippen molar-refractivity contribution in [3.63, 3.8) is 0 Å². The number of nitriles is 2. The molecule has 0 aliphatic carbocycles. The highest BCUT2D eigenvalue weighted by Gasteiger charge is 2.25. The molecule has 0 saturated heterocycles. The second-order valence-electron chi connectivity index (χ2n) is 7.51. The van der Waals surface area contributed by atoms with Crippen LogP contribution in [0.5, 0.6) is 11.5 Å². The number of carbonyl (C=O) groups is 1. The van der Waals surface area contributed by atoms with Gasteiger partial charge < -0.3 is 14.8 Å². The third-order valence-corrected chi connectivity index (χ3v) is 4.69. The fourth-order valence-corrected chi connectivity index (χ4v) is 3.07. The molecule has 3 rings (SSSR count). The Kier molecular flexibility index (Phi) is 7.46. The van der Waals surface area contributed by atoms with E-state index in [1.165, 1.54) is 0 Å². The Hall–Kier alpha value is -4.29. The molecule has 1 atom stereocenters. The molecular formula is C26H23N3O3. The molecular weight excluding hydrogens is 402 g/mol. The lowest BCUT2D eigenvalue weighted by Gasteiger charge is -2.22. The van der Waals surface area contributed by atoms with Gasteiger partial charge in [0.15, 0.2) is 6.10 Å². The summed E-state index contributed by atoms with van der Waals surface area (Å²) in [6.07, 6.45) is -0.775. The number of rotatable bonds is 8. The molecule has 6 heteroatoms. The van der Waals surface area contributed by atoms with Crippen LogP contribution in [0.1, 0.15) is 30.5 Å². The standard InChI is InChI=1S/C26H23N3O3/c1-18(2)25(32-24-12-4-3-9-21(24)16-28)26(30)29-22-10-6-11-23(14-22)31-17-20-8-5-7-19(13-20)15-27/h3-14,18,25H,17H2,1-2H3,(H,29,30). The minimum atomic E-state index is -0.775. The molecule has 0 fully saturated rings. The predicted octanol–water partition coefficient (Wildman–Crippen LogP) is 5.05. The van der Waals surface area contributed by atoms with Crippen LogP contribution in [0.4, 0.5) is 5.69 Å². The van der Waals surface area contributed by atoms with Gasteiger partial charge in [0.05, 0.1) is 17.2 Å². The summed E-state index contributed by atoms with van der Waals surface area (Å²) in [5, 5.41) is 21.2. The maximum absolute atomic E-state index is 12.9. The average Bonchev–Trinajstić information content (AvgIpc) is 2.81. The van der Waals surface area contributed by atoms with Gasteiger partial charge in [-0.1, -0.05) is 44.2 Å². The summed E-state index contributed by atoms with van der Waals surface area (Å²) in [4.78, 5) is 12.9. The minimum absolute atomic E-state index is 0.117. The molecule has 0 aliphatic heterocycles. The summed E-state index contributed by atoms with van der Waals surface area (Å²) in [7, 11) is 0.